The van der Waals surface area contributed by atoms with Gasteiger partial charge in [-0.05, 0) is 37.5 Å². The molecule has 4 atom stereocenters. The van der Waals surface area contributed by atoms with Crippen molar-refractivity contribution in [3.63, 3.8) is 0 Å². The molecule has 50 heavy (non-hydrogen) atoms. The number of carbonyl (C=O) groups excluding carboxylic acids is 4. The van der Waals surface area contributed by atoms with E-state index in [0.717, 1.165) is 52.6 Å². The fourth-order valence-corrected chi connectivity index (χ4v) is 7.63. The van der Waals surface area contributed by atoms with Gasteiger partial charge in [-0.2, -0.15) is 0 Å². The van der Waals surface area contributed by atoms with Crippen LogP contribution in [0.2, 0.25) is 0 Å². The smallest absolute Gasteiger partial charge is 0.407 e. The number of likely N-dealkylation sites (tertiary alicyclic amines) is 2. The molecule has 0 bridgehead atoms. The van der Waals surface area contributed by atoms with Crippen LogP contribution in [0.3, 0.4) is 0 Å². The van der Waals surface area contributed by atoms with Gasteiger partial charge in [-0.25, -0.2) is 24.5 Å². The van der Waals surface area contributed by atoms with Gasteiger partial charge in [0.25, 0.3) is 0 Å². The molecule has 6 heterocycles. The van der Waals surface area contributed by atoms with Gasteiger partial charge in [0.15, 0.2) is 4.96 Å². The highest BCUT2D eigenvalue weighted by atomic mass is 32.1. The molecule has 6 rings (SSSR count). The van der Waals surface area contributed by atoms with Gasteiger partial charge in [0.05, 0.1) is 55.0 Å². The normalized spacial score (nSPS) is 19.0. The van der Waals surface area contributed by atoms with Gasteiger partial charge in [-0.15, -0.1) is 0 Å². The fourth-order valence-electron chi connectivity index (χ4n) is 6.70. The van der Waals surface area contributed by atoms with Crippen LogP contribution in [0.1, 0.15) is 77.1 Å². The molecule has 2 saturated heterocycles. The van der Waals surface area contributed by atoms with Crippen molar-refractivity contribution in [3.8, 4) is 22.0 Å². The number of thiazole rings is 1. The molecule has 16 nitrogen and oxygen atoms in total. The average molecular weight is 709 g/mol. The second-order valence-corrected chi connectivity index (χ2v) is 14.4. The molecule has 17 heteroatoms. The molecule has 4 N–H and O–H groups in total. The standard InChI is InChI=1S/C33H44N10O6S/c1-17(2)25(39-32(46)48-5)29(44)42-11-7-9-22(42)27-34-13-19(36-27)21-15-41-16-24(50-31(41)38-21)20-14-35-28(37-20)23-10-8-12-43(23)30(45)26(18(3)4)40-33(47)49-6/h13-18,22-23,25-26H,7-12H2,1-6H3,(H,34,36)(H,35,37)(H,39,46)(H,40,47)/t22?,23-,25-,26-/m0/s1. The second-order valence-electron chi connectivity index (χ2n) is 13.4. The van der Waals surface area contributed by atoms with Crippen molar-refractivity contribution in [1.29, 1.82) is 0 Å². The van der Waals surface area contributed by atoms with E-state index in [4.69, 9.17) is 14.5 Å². The molecule has 1 unspecified atom stereocenters. The molecule has 0 spiro atoms. The highest BCUT2D eigenvalue weighted by Gasteiger charge is 2.39. The molecule has 4 aromatic rings. The summed E-state index contributed by atoms with van der Waals surface area (Å²) in [6, 6.07) is -1.87. The Morgan fingerprint density at radius 1 is 0.800 bits per heavy atom. The third kappa shape index (κ3) is 6.90. The van der Waals surface area contributed by atoms with E-state index in [0.29, 0.717) is 24.7 Å². The maximum absolute atomic E-state index is 13.5. The Morgan fingerprint density at radius 3 is 1.78 bits per heavy atom. The number of carbonyl (C=O) groups is 4. The van der Waals surface area contributed by atoms with E-state index in [1.165, 1.54) is 25.6 Å². The zero-order chi connectivity index (χ0) is 35.7. The molecule has 4 amide bonds. The number of H-pyrrole nitrogens is 2. The highest BCUT2D eigenvalue weighted by Crippen LogP contribution is 2.36. The summed E-state index contributed by atoms with van der Waals surface area (Å²) in [5.41, 5.74) is 2.28. The lowest BCUT2D eigenvalue weighted by atomic mass is 10.0. The minimum absolute atomic E-state index is 0.114. The molecule has 2 aliphatic heterocycles. The minimum atomic E-state index is -0.704. The highest BCUT2D eigenvalue weighted by molar-refractivity contribution is 7.20. The van der Waals surface area contributed by atoms with Gasteiger partial charge < -0.3 is 39.9 Å². The van der Waals surface area contributed by atoms with Crippen molar-refractivity contribution in [1.82, 2.24) is 49.8 Å². The largest absolute Gasteiger partial charge is 0.453 e. The third-order valence-electron chi connectivity index (χ3n) is 9.37. The predicted molar refractivity (Wildman–Crippen MR) is 184 cm³/mol. The topological polar surface area (TPSA) is 192 Å². The van der Waals surface area contributed by atoms with Crippen molar-refractivity contribution in [2.75, 3.05) is 27.3 Å². The van der Waals surface area contributed by atoms with Gasteiger partial charge in [0.2, 0.25) is 11.8 Å². The molecule has 4 aromatic heterocycles. The number of fused-ring (bicyclic) bond motifs is 1. The number of rotatable bonds is 10. The summed E-state index contributed by atoms with van der Waals surface area (Å²) in [5.74, 6) is 0.823. The zero-order valence-electron chi connectivity index (χ0n) is 29.1. The van der Waals surface area contributed by atoms with Crippen LogP contribution in [-0.2, 0) is 19.1 Å². The maximum Gasteiger partial charge on any atom is 0.407 e. The van der Waals surface area contributed by atoms with Crippen LogP contribution in [0.5, 0.6) is 0 Å². The molecule has 0 aliphatic carbocycles. The lowest BCUT2D eigenvalue weighted by Crippen LogP contribution is -2.51. The maximum atomic E-state index is 13.5. The Kier molecular flexibility index (Phi) is 10.1. The Morgan fingerprint density at radius 2 is 1.30 bits per heavy atom. The number of aromatic nitrogens is 6. The van der Waals surface area contributed by atoms with Crippen LogP contribution in [0.4, 0.5) is 9.59 Å². The molecule has 0 aromatic carbocycles. The molecular weight excluding hydrogens is 664 g/mol. The van der Waals surface area contributed by atoms with Crippen molar-refractivity contribution in [3.05, 3.63) is 36.4 Å². The summed E-state index contributed by atoms with van der Waals surface area (Å²) < 4.78 is 11.4. The average Bonchev–Trinajstić information content (AvgIpc) is 3.93. The molecule has 0 saturated carbocycles. The van der Waals surface area contributed by atoms with E-state index in [1.54, 1.807) is 22.2 Å². The molecular formula is C33H44N10O6S. The van der Waals surface area contributed by atoms with Crippen LogP contribution in [0, 0.1) is 11.8 Å². The van der Waals surface area contributed by atoms with E-state index in [9.17, 15) is 19.2 Å². The number of nitrogens with one attached hydrogen (secondary N) is 4. The van der Waals surface area contributed by atoms with Crippen LogP contribution >= 0.6 is 11.3 Å². The minimum Gasteiger partial charge on any atom is -0.453 e. The van der Waals surface area contributed by atoms with E-state index in [1.807, 2.05) is 44.5 Å². The number of hydrogen-bond donors (Lipinski definition) is 4. The van der Waals surface area contributed by atoms with E-state index in [2.05, 4.69) is 30.6 Å². The Balaban J connectivity index is 1.15. The Hall–Kier alpha value is -4.93. The lowest BCUT2D eigenvalue weighted by Gasteiger charge is -2.30. The molecule has 0 radical (unpaired) electrons. The SMILES string of the molecule is COC(=O)N[C@H](C(=O)N1CCCC1c1ncc(-c2cn3cc(-c4cnc([C@@H]5CCCN5C(=O)[C@@H](NC(=O)OC)C(C)C)[nH]4)sc3n2)[nH]1)C(C)C. The second kappa shape index (κ2) is 14.5. The number of aromatic amines is 2. The molecule has 2 fully saturated rings. The predicted octanol–water partition coefficient (Wildman–Crippen LogP) is 4.26. The Bertz CT molecular complexity index is 1700. The number of hydrogen-bond acceptors (Lipinski definition) is 10. The molecule has 268 valence electrons. The first-order valence-corrected chi connectivity index (χ1v) is 17.7. The zero-order valence-corrected chi connectivity index (χ0v) is 29.9. The number of ether oxygens (including phenoxy) is 2. The summed E-state index contributed by atoms with van der Waals surface area (Å²) in [7, 11) is 2.56. The van der Waals surface area contributed by atoms with Crippen molar-refractivity contribution in [2.24, 2.45) is 11.8 Å². The number of imidazole rings is 3. The van der Waals surface area contributed by atoms with Gasteiger partial charge in [-0.3, -0.25) is 14.0 Å². The summed E-state index contributed by atoms with van der Waals surface area (Å²) in [5, 5.41) is 5.36. The van der Waals surface area contributed by atoms with Gasteiger partial charge in [0, 0.05) is 25.5 Å². The first kappa shape index (κ1) is 34.9. The summed E-state index contributed by atoms with van der Waals surface area (Å²) >= 11 is 1.50. The van der Waals surface area contributed by atoms with Crippen molar-refractivity contribution >= 4 is 40.3 Å². The van der Waals surface area contributed by atoms with Gasteiger partial charge in [0.1, 0.15) is 29.4 Å². The van der Waals surface area contributed by atoms with Crippen molar-refractivity contribution < 1.29 is 28.7 Å². The number of amides is 4. The Labute approximate surface area is 293 Å². The van der Waals surface area contributed by atoms with Gasteiger partial charge in [-0.1, -0.05) is 39.0 Å². The van der Waals surface area contributed by atoms with Crippen LogP contribution < -0.4 is 10.6 Å². The van der Waals surface area contributed by atoms with Crippen LogP contribution in [0.15, 0.2) is 24.8 Å². The van der Waals surface area contributed by atoms with E-state index in [-0.39, 0.29) is 35.7 Å². The van der Waals surface area contributed by atoms with Crippen molar-refractivity contribution in [2.45, 2.75) is 77.5 Å². The first-order valence-electron chi connectivity index (χ1n) is 16.9. The molecule has 2 aliphatic rings. The number of methoxy groups -OCH3 is 2. The van der Waals surface area contributed by atoms with Gasteiger partial charge >= 0.3 is 12.2 Å². The van der Waals surface area contributed by atoms with E-state index < -0.39 is 24.3 Å². The van der Waals surface area contributed by atoms with Crippen LogP contribution in [0.25, 0.3) is 26.9 Å². The lowest BCUT2D eigenvalue weighted by molar-refractivity contribution is -0.136. The number of alkyl carbamates (subject to hydrolysis) is 2. The quantitative estimate of drug-likeness (QED) is 0.186. The summed E-state index contributed by atoms with van der Waals surface area (Å²) in [4.78, 5) is 77.1. The number of nitrogens with zero attached hydrogens (tertiary/aromatic N) is 6. The van der Waals surface area contributed by atoms with E-state index >= 15 is 0 Å². The monoisotopic (exact) mass is 708 g/mol. The fraction of sp³-hybridized carbons (Fsp3) is 0.545. The third-order valence-corrected chi connectivity index (χ3v) is 10.4. The van der Waals surface area contributed by atoms with Crippen LogP contribution in [-0.4, -0.2) is 103 Å². The first-order chi connectivity index (χ1) is 24.0. The summed E-state index contributed by atoms with van der Waals surface area (Å²) in [6.07, 6.45) is 9.32. The summed E-state index contributed by atoms with van der Waals surface area (Å²) in [6.45, 7) is 8.71.